The maximum atomic E-state index is 13.3. The fourth-order valence-corrected chi connectivity index (χ4v) is 3.69. The molecule has 2 aromatic carbocycles. The lowest BCUT2D eigenvalue weighted by molar-refractivity contribution is 0.509. The average molecular weight is 298 g/mol. The van der Waals surface area contributed by atoms with Gasteiger partial charge in [-0.1, -0.05) is 24.3 Å². The fraction of sp³-hybridized carbons (Fsp3) is 0.235. The van der Waals surface area contributed by atoms with Crippen molar-refractivity contribution in [3.63, 3.8) is 0 Å². The Morgan fingerprint density at radius 2 is 2.14 bits per heavy atom. The Bertz CT molecular complexity index is 693. The number of hydrogen-bond donors (Lipinski definition) is 1. The first kappa shape index (κ1) is 14.1. The van der Waals surface area contributed by atoms with E-state index in [4.69, 9.17) is 5.26 Å². The van der Waals surface area contributed by atoms with Gasteiger partial charge in [0.25, 0.3) is 0 Å². The molecule has 0 fully saturated rings. The Hall–Kier alpha value is -1.83. The third-order valence-electron chi connectivity index (χ3n) is 3.66. The van der Waals surface area contributed by atoms with Crippen molar-refractivity contribution in [2.75, 3.05) is 5.75 Å². The molecule has 1 atom stereocenters. The molecule has 0 aromatic heterocycles. The zero-order chi connectivity index (χ0) is 14.7. The maximum Gasteiger partial charge on any atom is 0.140 e. The molecule has 1 N–H and O–H groups in total. The largest absolute Gasteiger partial charge is 0.306 e. The molecule has 0 saturated heterocycles. The predicted octanol–water partition coefficient (Wildman–Crippen LogP) is 4.02. The molecule has 1 aliphatic heterocycles. The van der Waals surface area contributed by atoms with Crippen LogP contribution in [0.25, 0.3) is 0 Å². The van der Waals surface area contributed by atoms with Crippen molar-refractivity contribution in [2.45, 2.75) is 23.9 Å². The van der Waals surface area contributed by atoms with Crippen LogP contribution >= 0.6 is 11.8 Å². The van der Waals surface area contributed by atoms with Gasteiger partial charge in [-0.05, 0) is 41.5 Å². The van der Waals surface area contributed by atoms with Gasteiger partial charge < -0.3 is 5.32 Å². The number of fused-ring (bicyclic) bond motifs is 1. The molecule has 0 bridgehead atoms. The topological polar surface area (TPSA) is 35.8 Å². The van der Waals surface area contributed by atoms with E-state index in [1.165, 1.54) is 16.5 Å². The van der Waals surface area contributed by atoms with E-state index < -0.39 is 5.82 Å². The van der Waals surface area contributed by atoms with Gasteiger partial charge in [0.05, 0.1) is 5.56 Å². The van der Waals surface area contributed by atoms with Gasteiger partial charge >= 0.3 is 0 Å². The first-order chi connectivity index (χ1) is 10.3. The van der Waals surface area contributed by atoms with E-state index in [0.717, 1.165) is 17.7 Å². The Kier molecular flexibility index (Phi) is 4.23. The van der Waals surface area contributed by atoms with E-state index in [1.807, 2.05) is 17.8 Å². The first-order valence-electron chi connectivity index (χ1n) is 6.91. The number of thioether (sulfide) groups is 1. The minimum atomic E-state index is -0.458. The van der Waals surface area contributed by atoms with Crippen molar-refractivity contribution in [3.05, 3.63) is 65.0 Å². The van der Waals surface area contributed by atoms with E-state index in [-0.39, 0.29) is 5.56 Å². The van der Waals surface area contributed by atoms with E-state index in [0.29, 0.717) is 12.6 Å². The number of nitrogens with zero attached hydrogens (tertiary/aromatic N) is 1. The van der Waals surface area contributed by atoms with E-state index in [9.17, 15) is 4.39 Å². The molecule has 0 aliphatic carbocycles. The van der Waals surface area contributed by atoms with Crippen LogP contribution in [0.15, 0.2) is 47.4 Å². The predicted molar refractivity (Wildman–Crippen MR) is 82.5 cm³/mol. The van der Waals surface area contributed by atoms with Gasteiger partial charge in [-0.15, -0.1) is 11.8 Å². The first-order valence-corrected chi connectivity index (χ1v) is 7.90. The zero-order valence-corrected chi connectivity index (χ0v) is 12.3. The molecule has 2 aromatic rings. The van der Waals surface area contributed by atoms with Gasteiger partial charge in [0.1, 0.15) is 11.9 Å². The number of halogens is 1. The fourth-order valence-electron chi connectivity index (χ4n) is 2.56. The van der Waals surface area contributed by atoms with Crippen molar-refractivity contribution in [1.82, 2.24) is 5.32 Å². The Morgan fingerprint density at radius 1 is 1.29 bits per heavy atom. The van der Waals surface area contributed by atoms with Gasteiger partial charge in [-0.25, -0.2) is 4.39 Å². The summed E-state index contributed by atoms with van der Waals surface area (Å²) in [5.74, 6) is 0.641. The van der Waals surface area contributed by atoms with Crippen LogP contribution < -0.4 is 5.32 Å². The molecule has 21 heavy (non-hydrogen) atoms. The average Bonchev–Trinajstić information content (AvgIpc) is 2.54. The minimum absolute atomic E-state index is 0.105. The highest BCUT2D eigenvalue weighted by Gasteiger charge is 2.19. The second-order valence-corrected chi connectivity index (χ2v) is 6.17. The molecule has 0 saturated carbocycles. The molecule has 4 heteroatoms. The summed E-state index contributed by atoms with van der Waals surface area (Å²) in [7, 11) is 0. The summed E-state index contributed by atoms with van der Waals surface area (Å²) < 4.78 is 13.3. The molecular formula is C17H15FN2S. The molecule has 0 amide bonds. The number of benzene rings is 2. The van der Waals surface area contributed by atoms with Crippen LogP contribution in [0.2, 0.25) is 0 Å². The summed E-state index contributed by atoms with van der Waals surface area (Å²) in [6, 6.07) is 15.3. The lowest BCUT2D eigenvalue weighted by Gasteiger charge is -2.26. The number of nitriles is 1. The van der Waals surface area contributed by atoms with Crippen LogP contribution in [0, 0.1) is 17.1 Å². The molecule has 0 spiro atoms. The van der Waals surface area contributed by atoms with Gasteiger partial charge in [-0.3, -0.25) is 0 Å². The lowest BCUT2D eigenvalue weighted by atomic mass is 10.0. The standard InChI is InChI=1S/C17H15FN2S/c18-15-6-5-12(9-13(15)10-19)11-20-16-7-8-21-17-4-2-1-3-14(16)17/h1-6,9,16,20H,7-8,11H2. The van der Waals surface area contributed by atoms with Crippen molar-refractivity contribution in [3.8, 4) is 6.07 Å². The minimum Gasteiger partial charge on any atom is -0.306 e. The summed E-state index contributed by atoms with van der Waals surface area (Å²) in [6.07, 6.45) is 1.08. The third kappa shape index (κ3) is 3.10. The highest BCUT2D eigenvalue weighted by atomic mass is 32.2. The third-order valence-corrected chi connectivity index (χ3v) is 4.78. The Morgan fingerprint density at radius 3 is 3.00 bits per heavy atom. The highest BCUT2D eigenvalue weighted by molar-refractivity contribution is 7.99. The summed E-state index contributed by atoms with van der Waals surface area (Å²) in [5.41, 5.74) is 2.37. The van der Waals surface area contributed by atoms with Crippen LogP contribution in [0.4, 0.5) is 4.39 Å². The van der Waals surface area contributed by atoms with Crippen molar-refractivity contribution in [2.24, 2.45) is 0 Å². The quantitative estimate of drug-likeness (QED) is 0.929. The molecule has 106 valence electrons. The smallest absolute Gasteiger partial charge is 0.140 e. The van der Waals surface area contributed by atoms with Gasteiger partial charge in [0.2, 0.25) is 0 Å². The molecule has 3 rings (SSSR count). The van der Waals surface area contributed by atoms with Crippen molar-refractivity contribution < 1.29 is 4.39 Å². The molecular weight excluding hydrogens is 283 g/mol. The SMILES string of the molecule is N#Cc1cc(CNC2CCSc3ccccc32)ccc1F. The maximum absolute atomic E-state index is 13.3. The monoisotopic (exact) mass is 298 g/mol. The number of hydrogen-bond acceptors (Lipinski definition) is 3. The summed E-state index contributed by atoms with van der Waals surface area (Å²) in [4.78, 5) is 1.33. The number of nitrogens with one attached hydrogen (secondary N) is 1. The zero-order valence-electron chi connectivity index (χ0n) is 11.5. The van der Waals surface area contributed by atoms with E-state index >= 15 is 0 Å². The molecule has 0 radical (unpaired) electrons. The van der Waals surface area contributed by atoms with Crippen molar-refractivity contribution in [1.29, 1.82) is 5.26 Å². The second kappa shape index (κ2) is 6.30. The Balaban J connectivity index is 1.73. The normalized spacial score (nSPS) is 17.0. The molecule has 2 nitrogen and oxygen atoms in total. The molecule has 1 heterocycles. The van der Waals surface area contributed by atoms with Crippen molar-refractivity contribution >= 4 is 11.8 Å². The summed E-state index contributed by atoms with van der Waals surface area (Å²) >= 11 is 1.89. The van der Waals surface area contributed by atoms with Gasteiger partial charge in [-0.2, -0.15) is 5.26 Å². The van der Waals surface area contributed by atoms with E-state index in [2.05, 4.69) is 29.6 Å². The van der Waals surface area contributed by atoms with Gasteiger partial charge in [0.15, 0.2) is 0 Å². The van der Waals surface area contributed by atoms with Crippen LogP contribution in [-0.2, 0) is 6.54 Å². The highest BCUT2D eigenvalue weighted by Crippen LogP contribution is 2.35. The Labute approximate surface area is 128 Å². The summed E-state index contributed by atoms with van der Waals surface area (Å²) in [6.45, 7) is 0.638. The van der Waals surface area contributed by atoms with Crippen LogP contribution in [0.3, 0.4) is 0 Å². The van der Waals surface area contributed by atoms with Gasteiger partial charge in [0, 0.05) is 17.5 Å². The molecule has 1 unspecified atom stereocenters. The second-order valence-electron chi connectivity index (χ2n) is 5.03. The van der Waals surface area contributed by atoms with Crippen LogP contribution in [0.1, 0.15) is 29.2 Å². The summed E-state index contributed by atoms with van der Waals surface area (Å²) in [5, 5.41) is 12.4. The van der Waals surface area contributed by atoms with Crippen LogP contribution in [-0.4, -0.2) is 5.75 Å². The number of rotatable bonds is 3. The molecule has 1 aliphatic rings. The van der Waals surface area contributed by atoms with Crippen LogP contribution in [0.5, 0.6) is 0 Å². The van der Waals surface area contributed by atoms with E-state index in [1.54, 1.807) is 12.1 Å². The lowest BCUT2D eigenvalue weighted by Crippen LogP contribution is -2.24.